The van der Waals surface area contributed by atoms with Gasteiger partial charge in [-0.15, -0.1) is 0 Å². The Morgan fingerprint density at radius 3 is 1.62 bits per heavy atom. The number of carbonyl (C=O) groups is 1. The van der Waals surface area contributed by atoms with E-state index in [1.54, 1.807) is 0 Å². The number of likely N-dealkylation sites (N-methyl/N-ethyl adjacent to an activating group) is 1. The number of hydrogen-bond acceptors (Lipinski definition) is 3. The van der Waals surface area contributed by atoms with Gasteiger partial charge in [-0.2, -0.15) is 0 Å². The van der Waals surface area contributed by atoms with Gasteiger partial charge in [0.2, 0.25) is 5.91 Å². The van der Waals surface area contributed by atoms with E-state index in [2.05, 4.69) is 24.1 Å². The van der Waals surface area contributed by atoms with Crippen LogP contribution in [0.2, 0.25) is 0 Å². The van der Waals surface area contributed by atoms with Crippen LogP contribution in [0.4, 0.5) is 0 Å². The van der Waals surface area contributed by atoms with Crippen molar-refractivity contribution >= 4 is 5.91 Å². The number of nitrogens with zero attached hydrogens (tertiary/aromatic N) is 1. The molecule has 0 saturated heterocycles. The molecule has 0 heterocycles. The normalized spacial score (nSPS) is 11.3. The summed E-state index contributed by atoms with van der Waals surface area (Å²) in [6.07, 6.45) is 22.0. The predicted octanol–water partition coefficient (Wildman–Crippen LogP) is 6.07. The van der Waals surface area contributed by atoms with Crippen molar-refractivity contribution in [3.05, 3.63) is 0 Å². The molecule has 0 radical (unpaired) electrons. The van der Waals surface area contributed by atoms with Crippen LogP contribution in [0.1, 0.15) is 123 Å². The fraction of sp³-hybridized carbons (Fsp3) is 0.960. The van der Waals surface area contributed by atoms with Crippen LogP contribution in [-0.2, 0) is 4.79 Å². The zero-order valence-corrected chi connectivity index (χ0v) is 19.9. The average molecular weight is 413 g/mol. The van der Waals surface area contributed by atoms with Crippen LogP contribution >= 0.6 is 0 Å². The third kappa shape index (κ3) is 21.9. The number of amides is 1. The fourth-order valence-corrected chi connectivity index (χ4v) is 3.85. The Morgan fingerprint density at radius 2 is 1.17 bits per heavy atom. The standard InChI is InChI=1S/C25H52N2O2/c1-3-5-6-7-8-9-10-11-12-13-14-15-16-17-18-20-25(29)26-21-19-22-27(4-2)23-24-28/h28H,3-24H2,1-2H3,(H,26,29). The Bertz CT molecular complexity index is 337. The van der Waals surface area contributed by atoms with Crippen LogP contribution in [0.5, 0.6) is 0 Å². The largest absolute Gasteiger partial charge is 0.395 e. The highest BCUT2D eigenvalue weighted by Crippen LogP contribution is 2.13. The van der Waals surface area contributed by atoms with Crippen molar-refractivity contribution in [1.29, 1.82) is 0 Å². The summed E-state index contributed by atoms with van der Waals surface area (Å²) in [5, 5.41) is 12.0. The molecule has 1 amide bonds. The van der Waals surface area contributed by atoms with Gasteiger partial charge in [-0.05, 0) is 25.9 Å². The quantitative estimate of drug-likeness (QED) is 0.200. The molecule has 0 rings (SSSR count). The molecule has 0 aromatic rings. The first-order chi connectivity index (χ1) is 14.2. The lowest BCUT2D eigenvalue weighted by molar-refractivity contribution is -0.121. The van der Waals surface area contributed by atoms with Crippen molar-refractivity contribution < 1.29 is 9.90 Å². The van der Waals surface area contributed by atoms with Gasteiger partial charge in [-0.25, -0.2) is 0 Å². The van der Waals surface area contributed by atoms with E-state index in [9.17, 15) is 4.79 Å². The average Bonchev–Trinajstić information content (AvgIpc) is 2.73. The lowest BCUT2D eigenvalue weighted by Gasteiger charge is -2.18. The smallest absolute Gasteiger partial charge is 0.219 e. The van der Waals surface area contributed by atoms with Gasteiger partial charge < -0.3 is 15.3 Å². The van der Waals surface area contributed by atoms with Crippen molar-refractivity contribution in [2.75, 3.05) is 32.8 Å². The maximum absolute atomic E-state index is 11.9. The molecular weight excluding hydrogens is 360 g/mol. The molecule has 0 bridgehead atoms. The van der Waals surface area contributed by atoms with Crippen molar-refractivity contribution in [2.45, 2.75) is 123 Å². The molecular formula is C25H52N2O2. The molecule has 0 unspecified atom stereocenters. The number of aliphatic hydroxyl groups excluding tert-OH is 1. The van der Waals surface area contributed by atoms with Crippen LogP contribution in [0.3, 0.4) is 0 Å². The van der Waals surface area contributed by atoms with Crippen LogP contribution in [0.15, 0.2) is 0 Å². The van der Waals surface area contributed by atoms with E-state index in [4.69, 9.17) is 5.11 Å². The molecule has 0 fully saturated rings. The Labute approximate surface area is 182 Å². The van der Waals surface area contributed by atoms with Crippen molar-refractivity contribution in [1.82, 2.24) is 10.2 Å². The fourth-order valence-electron chi connectivity index (χ4n) is 3.85. The molecule has 0 aromatic heterocycles. The predicted molar refractivity (Wildman–Crippen MR) is 126 cm³/mol. The molecule has 0 spiro atoms. The summed E-state index contributed by atoms with van der Waals surface area (Å²) in [5.41, 5.74) is 0. The first-order valence-electron chi connectivity index (χ1n) is 12.8. The minimum Gasteiger partial charge on any atom is -0.395 e. The zero-order chi connectivity index (χ0) is 21.4. The van der Waals surface area contributed by atoms with Gasteiger partial charge in [-0.3, -0.25) is 4.79 Å². The number of unbranched alkanes of at least 4 members (excludes halogenated alkanes) is 14. The van der Waals surface area contributed by atoms with Crippen LogP contribution in [0, 0.1) is 0 Å². The van der Waals surface area contributed by atoms with Crippen LogP contribution < -0.4 is 5.32 Å². The number of rotatable bonds is 23. The second kappa shape index (κ2) is 23.7. The highest BCUT2D eigenvalue weighted by atomic mass is 16.3. The van der Waals surface area contributed by atoms with Gasteiger partial charge in [0.1, 0.15) is 0 Å². The zero-order valence-electron chi connectivity index (χ0n) is 19.9. The first kappa shape index (κ1) is 28.4. The molecule has 4 heteroatoms. The molecule has 0 aliphatic heterocycles. The third-order valence-electron chi connectivity index (χ3n) is 5.84. The summed E-state index contributed by atoms with van der Waals surface area (Å²) in [6.45, 7) is 7.96. The van der Waals surface area contributed by atoms with Gasteiger partial charge >= 0.3 is 0 Å². The maximum Gasteiger partial charge on any atom is 0.219 e. The Balaban J connectivity index is 3.23. The second-order valence-electron chi connectivity index (χ2n) is 8.56. The van der Waals surface area contributed by atoms with E-state index in [1.807, 2.05) is 0 Å². The van der Waals surface area contributed by atoms with E-state index in [1.165, 1.54) is 89.9 Å². The summed E-state index contributed by atoms with van der Waals surface area (Å²) in [7, 11) is 0. The van der Waals surface area contributed by atoms with E-state index >= 15 is 0 Å². The maximum atomic E-state index is 11.9. The molecule has 0 atom stereocenters. The van der Waals surface area contributed by atoms with Crippen molar-refractivity contribution in [2.24, 2.45) is 0 Å². The van der Waals surface area contributed by atoms with E-state index in [-0.39, 0.29) is 12.5 Å². The summed E-state index contributed by atoms with van der Waals surface area (Å²) in [4.78, 5) is 14.1. The SMILES string of the molecule is CCCCCCCCCCCCCCCCCC(=O)NCCCN(CC)CCO. The molecule has 0 aromatic carbocycles. The van der Waals surface area contributed by atoms with Gasteiger partial charge in [0.25, 0.3) is 0 Å². The second-order valence-corrected chi connectivity index (χ2v) is 8.56. The molecule has 0 saturated carbocycles. The Hall–Kier alpha value is -0.610. The molecule has 2 N–H and O–H groups in total. The van der Waals surface area contributed by atoms with Crippen molar-refractivity contribution in [3.8, 4) is 0 Å². The van der Waals surface area contributed by atoms with Crippen molar-refractivity contribution in [3.63, 3.8) is 0 Å². The number of aliphatic hydroxyl groups is 1. The Morgan fingerprint density at radius 1 is 0.690 bits per heavy atom. The molecule has 4 nitrogen and oxygen atoms in total. The lowest BCUT2D eigenvalue weighted by Crippen LogP contribution is -2.31. The molecule has 0 aliphatic carbocycles. The van der Waals surface area contributed by atoms with E-state index in [0.29, 0.717) is 6.42 Å². The minimum atomic E-state index is 0.199. The Kier molecular flexibility index (Phi) is 23.2. The van der Waals surface area contributed by atoms with E-state index < -0.39 is 0 Å². The number of hydrogen-bond donors (Lipinski definition) is 2. The highest BCUT2D eigenvalue weighted by molar-refractivity contribution is 5.75. The monoisotopic (exact) mass is 412 g/mol. The van der Waals surface area contributed by atoms with Crippen LogP contribution in [0.25, 0.3) is 0 Å². The summed E-state index contributed by atoms with van der Waals surface area (Å²) >= 11 is 0. The minimum absolute atomic E-state index is 0.199. The highest BCUT2D eigenvalue weighted by Gasteiger charge is 2.03. The number of nitrogens with one attached hydrogen (secondary N) is 1. The van der Waals surface area contributed by atoms with Gasteiger partial charge in [-0.1, -0.05) is 104 Å². The first-order valence-corrected chi connectivity index (χ1v) is 12.8. The summed E-state index contributed by atoms with van der Waals surface area (Å²) in [6, 6.07) is 0. The third-order valence-corrected chi connectivity index (χ3v) is 5.84. The van der Waals surface area contributed by atoms with Gasteiger partial charge in [0.15, 0.2) is 0 Å². The molecule has 0 aliphatic rings. The van der Waals surface area contributed by atoms with Gasteiger partial charge in [0.05, 0.1) is 6.61 Å². The van der Waals surface area contributed by atoms with Gasteiger partial charge in [0, 0.05) is 19.5 Å². The lowest BCUT2D eigenvalue weighted by atomic mass is 10.0. The van der Waals surface area contributed by atoms with E-state index in [0.717, 1.165) is 39.0 Å². The summed E-state index contributed by atoms with van der Waals surface area (Å²) in [5.74, 6) is 0.199. The topological polar surface area (TPSA) is 52.6 Å². The molecule has 174 valence electrons. The van der Waals surface area contributed by atoms with Crippen LogP contribution in [-0.4, -0.2) is 48.7 Å². The summed E-state index contributed by atoms with van der Waals surface area (Å²) < 4.78 is 0. The number of carbonyl (C=O) groups excluding carboxylic acids is 1. The molecule has 29 heavy (non-hydrogen) atoms.